The fourth-order valence-electron chi connectivity index (χ4n) is 15.9. The van der Waals surface area contributed by atoms with Gasteiger partial charge in [-0.1, -0.05) is 304 Å². The first-order valence-electron chi connectivity index (χ1n) is 34.9. The zero-order valence-corrected chi connectivity index (χ0v) is 55.8. The van der Waals surface area contributed by atoms with E-state index >= 15 is 0 Å². The molecule has 3 nitrogen and oxygen atoms in total. The van der Waals surface area contributed by atoms with E-state index in [9.17, 15) is 0 Å². The van der Waals surface area contributed by atoms with E-state index in [1.165, 1.54) is 82.4 Å². The van der Waals surface area contributed by atoms with Crippen molar-refractivity contribution in [3.63, 3.8) is 0 Å². The molecule has 0 unspecified atom stereocenters. The van der Waals surface area contributed by atoms with Gasteiger partial charge in [-0.15, -0.1) is 0 Å². The topological polar surface area (TPSA) is 9.72 Å². The van der Waals surface area contributed by atoms with Crippen LogP contribution in [0.3, 0.4) is 0 Å². The van der Waals surface area contributed by atoms with Gasteiger partial charge in [0.2, 0.25) is 0 Å². The summed E-state index contributed by atoms with van der Waals surface area (Å²) < 4.78 is 0. The third-order valence-electron chi connectivity index (χ3n) is 20.7. The number of hydrogen-bond acceptors (Lipinski definition) is 3. The third kappa shape index (κ3) is 10.8. The highest BCUT2D eigenvalue weighted by Crippen LogP contribution is 2.57. The van der Waals surface area contributed by atoms with Crippen molar-refractivity contribution in [1.82, 2.24) is 0 Å². The van der Waals surface area contributed by atoms with Gasteiger partial charge in [0.25, 0.3) is 0 Å². The summed E-state index contributed by atoms with van der Waals surface area (Å²) in [5.41, 5.74) is 26.6. The molecular weight excluding hydrogens is 1220 g/mol. The Bertz CT molecular complexity index is 5750. The average Bonchev–Trinajstić information content (AvgIpc) is 1.55. The maximum atomic E-state index is 5.06. The van der Waals surface area contributed by atoms with Gasteiger partial charge in [0.15, 0.2) is 0 Å². The Morgan fingerprint density at radius 2 is 0.673 bits per heavy atom. The number of hydrogen-bond donors (Lipinski definition) is 0. The second-order valence-electron chi connectivity index (χ2n) is 26.4. The van der Waals surface area contributed by atoms with Crippen molar-refractivity contribution in [3.8, 4) is 55.6 Å². The molecule has 0 amide bonds. The number of anilines is 7. The molecule has 476 valence electrons. The van der Waals surface area contributed by atoms with Gasteiger partial charge in [0.1, 0.15) is 0 Å². The minimum atomic E-state index is -0.543. The van der Waals surface area contributed by atoms with Gasteiger partial charge in [-0.25, -0.2) is 0 Å². The van der Waals surface area contributed by atoms with Crippen molar-refractivity contribution in [2.75, 3.05) is 21.2 Å². The normalized spacial score (nSPS) is 13.8. The SMILES string of the molecule is C=C1/C=C(N(c2ccc(-c3ccccc3)cc2)c2ccc(-c3ccc(-c4ccccc4)cc3)cc2)\C=C/CN(c2ccc3c4ccccc4c4ccccc4c3c2)c2ccc(-c3ccc(N(c4ccccc4)c4ccc5c(c4)C(c4ccccc4)(c4ccccc4)c4ccccc4-5)cc3)cc21. The summed E-state index contributed by atoms with van der Waals surface area (Å²) in [6.07, 6.45) is 6.89. The Morgan fingerprint density at radius 3 is 1.22 bits per heavy atom. The van der Waals surface area contributed by atoms with E-state index in [0.717, 1.165) is 84.5 Å². The van der Waals surface area contributed by atoms with E-state index in [4.69, 9.17) is 6.58 Å². The molecule has 1 aliphatic carbocycles. The Hall–Kier alpha value is -13.1. The largest absolute Gasteiger partial charge is 0.337 e. The van der Waals surface area contributed by atoms with Gasteiger partial charge in [-0.05, 0) is 213 Å². The van der Waals surface area contributed by atoms with Crippen LogP contribution in [0.25, 0.3) is 93.5 Å². The van der Waals surface area contributed by atoms with Crippen molar-refractivity contribution in [3.05, 3.63) is 434 Å². The molecule has 0 aromatic heterocycles. The highest BCUT2D eigenvalue weighted by Gasteiger charge is 2.46. The van der Waals surface area contributed by atoms with Gasteiger partial charge in [-0.3, -0.25) is 0 Å². The lowest BCUT2D eigenvalue weighted by Crippen LogP contribution is -2.28. The van der Waals surface area contributed by atoms with Crippen LogP contribution in [0.5, 0.6) is 0 Å². The van der Waals surface area contributed by atoms with E-state index in [0.29, 0.717) is 6.54 Å². The maximum Gasteiger partial charge on any atom is 0.0714 e. The molecule has 0 saturated carbocycles. The number of rotatable bonds is 13. The highest BCUT2D eigenvalue weighted by atomic mass is 15.2. The monoisotopic (exact) mass is 1290 g/mol. The molecule has 18 rings (SSSR count). The van der Waals surface area contributed by atoms with Crippen molar-refractivity contribution in [2.24, 2.45) is 0 Å². The van der Waals surface area contributed by atoms with E-state index in [1.54, 1.807) is 0 Å². The van der Waals surface area contributed by atoms with E-state index < -0.39 is 5.41 Å². The van der Waals surface area contributed by atoms with Crippen molar-refractivity contribution in [1.29, 1.82) is 0 Å². The van der Waals surface area contributed by atoms with Gasteiger partial charge >= 0.3 is 0 Å². The molecule has 0 fully saturated rings. The van der Waals surface area contributed by atoms with E-state index in [2.05, 4.69) is 409 Å². The molecule has 0 spiro atoms. The van der Waals surface area contributed by atoms with Crippen LogP contribution < -0.4 is 14.7 Å². The number of fused-ring (bicyclic) bond motifs is 10. The van der Waals surface area contributed by atoms with Crippen LogP contribution in [-0.2, 0) is 5.41 Å². The molecule has 16 aromatic carbocycles. The summed E-state index contributed by atoms with van der Waals surface area (Å²) in [4.78, 5) is 7.26. The molecule has 16 aromatic rings. The molecule has 2 aliphatic rings. The van der Waals surface area contributed by atoms with E-state index in [1.807, 2.05) is 0 Å². The molecule has 0 N–H and O–H groups in total. The first-order chi connectivity index (χ1) is 50.0. The van der Waals surface area contributed by atoms with Gasteiger partial charge in [0, 0.05) is 57.6 Å². The first kappa shape index (κ1) is 60.3. The van der Waals surface area contributed by atoms with Crippen molar-refractivity contribution in [2.45, 2.75) is 5.41 Å². The summed E-state index contributed by atoms with van der Waals surface area (Å²) >= 11 is 0. The highest BCUT2D eigenvalue weighted by molar-refractivity contribution is 6.25. The maximum absolute atomic E-state index is 5.06. The molecule has 0 saturated heterocycles. The molecule has 0 radical (unpaired) electrons. The minimum absolute atomic E-state index is 0.543. The molecule has 101 heavy (non-hydrogen) atoms. The quantitative estimate of drug-likeness (QED) is 0.107. The smallest absolute Gasteiger partial charge is 0.0714 e. The number of benzene rings is 16. The lowest BCUT2D eigenvalue weighted by Gasteiger charge is -2.35. The predicted octanol–water partition coefficient (Wildman–Crippen LogP) is 26.1. The lowest BCUT2D eigenvalue weighted by molar-refractivity contribution is 0.768. The fraction of sp³-hybridized carbons (Fsp3) is 0.0204. The Morgan fingerprint density at radius 1 is 0.277 bits per heavy atom. The van der Waals surface area contributed by atoms with Crippen LogP contribution in [0.15, 0.2) is 407 Å². The molecule has 1 aliphatic heterocycles. The van der Waals surface area contributed by atoms with Crippen LogP contribution in [0.2, 0.25) is 0 Å². The van der Waals surface area contributed by atoms with Crippen LogP contribution in [0.1, 0.15) is 27.8 Å². The van der Waals surface area contributed by atoms with Crippen LogP contribution in [0, 0.1) is 0 Å². The lowest BCUT2D eigenvalue weighted by atomic mass is 9.67. The van der Waals surface area contributed by atoms with Gasteiger partial charge in [-0.2, -0.15) is 0 Å². The Balaban J connectivity index is 0.764. The molecule has 0 atom stereocenters. The first-order valence-corrected chi connectivity index (χ1v) is 34.9. The number of allylic oxidation sites excluding steroid dienone is 3. The van der Waals surface area contributed by atoms with Gasteiger partial charge in [0.05, 0.1) is 5.41 Å². The second-order valence-corrected chi connectivity index (χ2v) is 26.4. The summed E-state index contributed by atoms with van der Waals surface area (Å²) in [6.45, 7) is 5.65. The minimum Gasteiger partial charge on any atom is -0.337 e. The Kier molecular flexibility index (Phi) is 15.4. The Labute approximate surface area is 590 Å². The molecule has 3 heteroatoms. The third-order valence-corrected chi connectivity index (χ3v) is 20.7. The fourth-order valence-corrected chi connectivity index (χ4v) is 15.9. The van der Waals surface area contributed by atoms with Crippen molar-refractivity contribution >= 4 is 77.7 Å². The molecular formula is C98H69N3. The van der Waals surface area contributed by atoms with Crippen LogP contribution >= 0.6 is 0 Å². The zero-order valence-electron chi connectivity index (χ0n) is 55.8. The van der Waals surface area contributed by atoms with Gasteiger partial charge < -0.3 is 14.7 Å². The van der Waals surface area contributed by atoms with Crippen LogP contribution in [0.4, 0.5) is 39.8 Å². The number of nitrogens with zero attached hydrogens (tertiary/aromatic N) is 3. The van der Waals surface area contributed by atoms with Crippen molar-refractivity contribution < 1.29 is 0 Å². The number of para-hydroxylation sites is 1. The predicted molar refractivity (Wildman–Crippen MR) is 427 cm³/mol. The summed E-state index contributed by atoms with van der Waals surface area (Å²) in [7, 11) is 0. The summed E-state index contributed by atoms with van der Waals surface area (Å²) in [5.74, 6) is 0. The molecule has 0 bridgehead atoms. The van der Waals surface area contributed by atoms with E-state index in [-0.39, 0.29) is 0 Å². The second kappa shape index (κ2) is 25.7. The molecule has 1 heterocycles. The standard InChI is InChI=1S/C98H69N3/c1-68-64-84(101(81-52-45-73(46-53-81)70-26-9-3-10-27-70)82-54-47-74(48-55-82)72-43-41-71(42-44-72)69-24-7-2-8-25-69)34-23-63-99(83-58-60-90-88-37-18-17-35-86(88)87-36-19-20-38-89(87)94(90)66-83)97-62-51-76(65-93(68)97)75-49-56-80(57-50-75)100(79-32-15-6-16-33-79)85-59-61-92-91-39-21-22-40-95(91)98(96(92)67-85,77-28-11-4-12-29-77)78-30-13-5-14-31-78/h2-62,64-67H,1,63H2/b34-23-,84-64+. The summed E-state index contributed by atoms with van der Waals surface area (Å²) in [5, 5.41) is 7.45. The van der Waals surface area contributed by atoms with Crippen LogP contribution in [-0.4, -0.2) is 6.54 Å². The summed E-state index contributed by atoms with van der Waals surface area (Å²) in [6, 6.07) is 138. The zero-order chi connectivity index (χ0) is 67.2. The average molecular weight is 1290 g/mol.